The maximum Gasteiger partial charge on any atom is 0.118 e. The topological polar surface area (TPSA) is 21.3 Å². The molecule has 1 aromatic carbocycles. The minimum absolute atomic E-state index is 0.349. The van der Waals surface area contributed by atoms with Gasteiger partial charge in [-0.25, -0.2) is 0 Å². The molecule has 2 aliphatic carbocycles. The summed E-state index contributed by atoms with van der Waals surface area (Å²) in [4.78, 5) is 0. The summed E-state index contributed by atoms with van der Waals surface area (Å²) >= 11 is 0. The summed E-state index contributed by atoms with van der Waals surface area (Å²) in [5, 5.41) is 3.78. The number of ether oxygens (including phenoxy) is 1. The molecule has 2 saturated carbocycles. The van der Waals surface area contributed by atoms with E-state index in [1.165, 1.54) is 44.1 Å². The Kier molecular flexibility index (Phi) is 4.02. The maximum atomic E-state index is 5.30. The highest BCUT2D eigenvalue weighted by Crippen LogP contribution is 2.42. The van der Waals surface area contributed by atoms with Crippen molar-refractivity contribution in [2.45, 2.75) is 56.9 Å². The van der Waals surface area contributed by atoms with E-state index in [1.54, 1.807) is 7.11 Å². The molecule has 0 bridgehead atoms. The van der Waals surface area contributed by atoms with Crippen LogP contribution in [0.15, 0.2) is 24.3 Å². The van der Waals surface area contributed by atoms with Crippen molar-refractivity contribution < 1.29 is 4.74 Å². The Morgan fingerprint density at radius 1 is 1.10 bits per heavy atom. The van der Waals surface area contributed by atoms with Crippen molar-refractivity contribution in [3.63, 3.8) is 0 Å². The second kappa shape index (κ2) is 5.77. The van der Waals surface area contributed by atoms with Crippen LogP contribution in [0.4, 0.5) is 0 Å². The van der Waals surface area contributed by atoms with Crippen molar-refractivity contribution in [1.82, 2.24) is 5.32 Å². The van der Waals surface area contributed by atoms with Crippen molar-refractivity contribution in [3.8, 4) is 5.75 Å². The van der Waals surface area contributed by atoms with Crippen LogP contribution in [-0.4, -0.2) is 19.7 Å². The molecule has 0 spiro atoms. The summed E-state index contributed by atoms with van der Waals surface area (Å²) in [7, 11) is 1.74. The van der Waals surface area contributed by atoms with Crippen LogP contribution in [0.1, 0.15) is 51.0 Å². The van der Waals surface area contributed by atoms with E-state index in [0.717, 1.165) is 24.3 Å². The maximum absolute atomic E-state index is 5.30. The van der Waals surface area contributed by atoms with E-state index in [2.05, 4.69) is 36.5 Å². The number of hydrogen-bond donors (Lipinski definition) is 1. The monoisotopic (exact) mass is 273 g/mol. The second-order valence-electron chi connectivity index (χ2n) is 6.85. The third-order valence-electron chi connectivity index (χ3n) is 5.24. The van der Waals surface area contributed by atoms with Crippen LogP contribution in [-0.2, 0) is 5.41 Å². The number of methoxy groups -OCH3 is 1. The number of hydrogen-bond acceptors (Lipinski definition) is 2. The first-order chi connectivity index (χ1) is 9.72. The first-order valence-corrected chi connectivity index (χ1v) is 8.10. The van der Waals surface area contributed by atoms with Crippen molar-refractivity contribution >= 4 is 0 Å². The van der Waals surface area contributed by atoms with Gasteiger partial charge in [-0.05, 0) is 62.1 Å². The molecule has 0 heterocycles. The quantitative estimate of drug-likeness (QED) is 0.878. The zero-order chi connectivity index (χ0) is 14.0. The summed E-state index contributed by atoms with van der Waals surface area (Å²) in [6.07, 6.45) is 8.10. The second-order valence-corrected chi connectivity index (χ2v) is 6.85. The van der Waals surface area contributed by atoms with E-state index in [4.69, 9.17) is 4.74 Å². The number of rotatable bonds is 5. The molecule has 0 aromatic heterocycles. The Hall–Kier alpha value is -1.02. The molecule has 0 atom stereocenters. The average molecular weight is 273 g/mol. The molecule has 2 nitrogen and oxygen atoms in total. The molecule has 2 fully saturated rings. The van der Waals surface area contributed by atoms with E-state index >= 15 is 0 Å². The van der Waals surface area contributed by atoms with Crippen LogP contribution in [0.5, 0.6) is 5.75 Å². The van der Waals surface area contributed by atoms with Gasteiger partial charge < -0.3 is 10.1 Å². The fraction of sp³-hybridized carbons (Fsp3) is 0.667. The van der Waals surface area contributed by atoms with Gasteiger partial charge in [-0.15, -0.1) is 0 Å². The molecule has 0 saturated heterocycles. The molecule has 3 rings (SSSR count). The SMILES string of the molecule is COc1ccc(C2(CNC3CC3)CCC(C)CC2)cc1. The van der Waals surface area contributed by atoms with Gasteiger partial charge in [0, 0.05) is 18.0 Å². The van der Waals surface area contributed by atoms with E-state index < -0.39 is 0 Å². The number of nitrogens with one attached hydrogen (secondary N) is 1. The van der Waals surface area contributed by atoms with Crippen molar-refractivity contribution in [2.24, 2.45) is 5.92 Å². The van der Waals surface area contributed by atoms with Gasteiger partial charge in [0.1, 0.15) is 5.75 Å². The zero-order valence-electron chi connectivity index (χ0n) is 12.8. The predicted octanol–water partition coefficient (Wildman–Crippen LogP) is 3.90. The molecule has 0 aliphatic heterocycles. The Labute approximate surface area is 122 Å². The Morgan fingerprint density at radius 2 is 1.75 bits per heavy atom. The average Bonchev–Trinajstić information content (AvgIpc) is 3.32. The lowest BCUT2D eigenvalue weighted by Crippen LogP contribution is -2.41. The first kappa shape index (κ1) is 13.9. The molecule has 0 unspecified atom stereocenters. The highest BCUT2D eigenvalue weighted by atomic mass is 16.5. The highest BCUT2D eigenvalue weighted by molar-refractivity contribution is 5.33. The van der Waals surface area contributed by atoms with Crippen molar-refractivity contribution in [2.75, 3.05) is 13.7 Å². The van der Waals surface area contributed by atoms with E-state index in [-0.39, 0.29) is 0 Å². The molecular formula is C18H27NO. The normalized spacial score (nSPS) is 30.2. The van der Waals surface area contributed by atoms with Crippen molar-refractivity contribution in [1.29, 1.82) is 0 Å². The van der Waals surface area contributed by atoms with Gasteiger partial charge in [-0.2, -0.15) is 0 Å². The van der Waals surface area contributed by atoms with Gasteiger partial charge in [0.25, 0.3) is 0 Å². The lowest BCUT2D eigenvalue weighted by Gasteiger charge is -2.40. The Morgan fingerprint density at radius 3 is 2.30 bits per heavy atom. The van der Waals surface area contributed by atoms with Gasteiger partial charge in [-0.1, -0.05) is 19.1 Å². The summed E-state index contributed by atoms with van der Waals surface area (Å²) in [6.45, 7) is 3.54. The number of benzene rings is 1. The summed E-state index contributed by atoms with van der Waals surface area (Å²) in [5.41, 5.74) is 1.85. The Bertz CT molecular complexity index is 427. The molecule has 0 radical (unpaired) electrons. The third-order valence-corrected chi connectivity index (χ3v) is 5.24. The van der Waals surface area contributed by atoms with Crippen LogP contribution < -0.4 is 10.1 Å². The molecule has 1 N–H and O–H groups in total. The largest absolute Gasteiger partial charge is 0.497 e. The minimum atomic E-state index is 0.349. The van der Waals surface area contributed by atoms with E-state index in [1.807, 2.05) is 0 Å². The lowest BCUT2D eigenvalue weighted by atomic mass is 9.67. The van der Waals surface area contributed by atoms with Gasteiger partial charge in [-0.3, -0.25) is 0 Å². The summed E-state index contributed by atoms with van der Waals surface area (Å²) < 4.78 is 5.30. The van der Waals surface area contributed by atoms with Crippen LogP contribution in [0.2, 0.25) is 0 Å². The fourth-order valence-corrected chi connectivity index (χ4v) is 3.45. The van der Waals surface area contributed by atoms with Crippen molar-refractivity contribution in [3.05, 3.63) is 29.8 Å². The summed E-state index contributed by atoms with van der Waals surface area (Å²) in [5.74, 6) is 1.85. The first-order valence-electron chi connectivity index (χ1n) is 8.10. The van der Waals surface area contributed by atoms with Gasteiger partial charge in [0.2, 0.25) is 0 Å². The molecule has 1 aromatic rings. The van der Waals surface area contributed by atoms with Crippen LogP contribution >= 0.6 is 0 Å². The lowest BCUT2D eigenvalue weighted by molar-refractivity contribution is 0.233. The fourth-order valence-electron chi connectivity index (χ4n) is 3.45. The molecule has 20 heavy (non-hydrogen) atoms. The van der Waals surface area contributed by atoms with Gasteiger partial charge in [0.15, 0.2) is 0 Å². The third kappa shape index (κ3) is 3.01. The summed E-state index contributed by atoms with van der Waals surface area (Å²) in [6, 6.07) is 9.59. The zero-order valence-corrected chi connectivity index (χ0v) is 12.8. The van der Waals surface area contributed by atoms with Crippen LogP contribution in [0.25, 0.3) is 0 Å². The molecule has 2 heteroatoms. The Balaban J connectivity index is 1.78. The molecule has 0 amide bonds. The van der Waals surface area contributed by atoms with Gasteiger partial charge >= 0.3 is 0 Å². The molecule has 110 valence electrons. The highest BCUT2D eigenvalue weighted by Gasteiger charge is 2.37. The molecule has 2 aliphatic rings. The predicted molar refractivity (Wildman–Crippen MR) is 83.3 cm³/mol. The van der Waals surface area contributed by atoms with Crippen LogP contribution in [0.3, 0.4) is 0 Å². The van der Waals surface area contributed by atoms with Crippen LogP contribution in [0, 0.1) is 5.92 Å². The smallest absolute Gasteiger partial charge is 0.118 e. The van der Waals surface area contributed by atoms with E-state index in [0.29, 0.717) is 5.41 Å². The van der Waals surface area contributed by atoms with E-state index in [9.17, 15) is 0 Å². The molecular weight excluding hydrogens is 246 g/mol. The standard InChI is InChI=1S/C18H27NO/c1-14-9-11-18(12-10-14,13-19-16-5-6-16)15-3-7-17(20-2)8-4-15/h3-4,7-8,14,16,19H,5-6,9-13H2,1-2H3. The van der Waals surface area contributed by atoms with Gasteiger partial charge in [0.05, 0.1) is 7.11 Å². The minimum Gasteiger partial charge on any atom is -0.497 e.